The first-order valence-electron chi connectivity index (χ1n) is 5.47. The largest absolute Gasteiger partial charge is 0.398 e. The van der Waals surface area contributed by atoms with E-state index in [2.05, 4.69) is 28.6 Å². The van der Waals surface area contributed by atoms with E-state index in [1.165, 1.54) is 0 Å². The Morgan fingerprint density at radius 2 is 2.00 bits per heavy atom. The Morgan fingerprint density at radius 1 is 1.29 bits per heavy atom. The molecule has 0 spiro atoms. The van der Waals surface area contributed by atoms with Crippen LogP contribution in [0.3, 0.4) is 0 Å². The molecule has 0 aliphatic carbocycles. The number of halogens is 1. The van der Waals surface area contributed by atoms with Gasteiger partial charge in [-0.05, 0) is 39.0 Å². The van der Waals surface area contributed by atoms with Crippen LogP contribution in [0.2, 0.25) is 5.02 Å². The summed E-state index contributed by atoms with van der Waals surface area (Å²) in [6, 6.07) is 5.70. The van der Waals surface area contributed by atoms with Crippen molar-refractivity contribution in [3.8, 4) is 11.4 Å². The number of hydrogen-bond acceptors (Lipinski definition) is 3. The first-order valence-corrected chi connectivity index (χ1v) is 5.85. The van der Waals surface area contributed by atoms with Crippen molar-refractivity contribution in [3.63, 3.8) is 0 Å². The van der Waals surface area contributed by atoms with E-state index in [0.717, 1.165) is 17.2 Å². The van der Waals surface area contributed by atoms with Gasteiger partial charge in [-0.25, -0.2) is 0 Å². The van der Waals surface area contributed by atoms with Crippen LogP contribution in [0.1, 0.15) is 25.7 Å². The zero-order chi connectivity index (χ0) is 12.6. The average Bonchev–Trinajstić information content (AvgIpc) is 2.60. The molecule has 0 amide bonds. The van der Waals surface area contributed by atoms with Crippen LogP contribution in [0.25, 0.3) is 11.4 Å². The van der Waals surface area contributed by atoms with Crippen molar-refractivity contribution < 1.29 is 0 Å². The van der Waals surface area contributed by atoms with Crippen molar-refractivity contribution in [2.45, 2.75) is 26.8 Å². The maximum absolute atomic E-state index is 5.97. The number of nitrogens with zero attached hydrogens (tertiary/aromatic N) is 3. The second-order valence-corrected chi connectivity index (χ2v) is 4.70. The lowest BCUT2D eigenvalue weighted by Gasteiger charge is -2.13. The molecule has 0 saturated heterocycles. The van der Waals surface area contributed by atoms with E-state index in [9.17, 15) is 0 Å². The van der Waals surface area contributed by atoms with E-state index < -0.39 is 0 Å². The molecule has 5 heteroatoms. The van der Waals surface area contributed by atoms with Crippen molar-refractivity contribution in [2.75, 3.05) is 5.73 Å². The van der Waals surface area contributed by atoms with E-state index in [1.807, 2.05) is 19.1 Å². The van der Waals surface area contributed by atoms with Crippen molar-refractivity contribution in [2.24, 2.45) is 0 Å². The van der Waals surface area contributed by atoms with Gasteiger partial charge in [-0.15, -0.1) is 10.2 Å². The molecule has 0 atom stereocenters. The Hall–Kier alpha value is -1.55. The summed E-state index contributed by atoms with van der Waals surface area (Å²) in [4.78, 5) is 0. The van der Waals surface area contributed by atoms with Crippen LogP contribution in [0.15, 0.2) is 18.2 Å². The molecule has 0 saturated carbocycles. The predicted molar refractivity (Wildman–Crippen MR) is 70.0 cm³/mol. The molecular formula is C12H15ClN4. The third-order valence-corrected chi connectivity index (χ3v) is 2.87. The van der Waals surface area contributed by atoms with Crippen molar-refractivity contribution >= 4 is 17.3 Å². The van der Waals surface area contributed by atoms with Gasteiger partial charge >= 0.3 is 0 Å². The summed E-state index contributed by atoms with van der Waals surface area (Å²) >= 11 is 5.89. The predicted octanol–water partition coefficient (Wildman–Crippen LogP) is 3.07. The van der Waals surface area contributed by atoms with Gasteiger partial charge in [0.05, 0.1) is 0 Å². The second-order valence-electron chi connectivity index (χ2n) is 4.27. The summed E-state index contributed by atoms with van der Waals surface area (Å²) in [5.41, 5.74) is 7.45. The Kier molecular flexibility index (Phi) is 3.07. The fourth-order valence-corrected chi connectivity index (χ4v) is 2.09. The van der Waals surface area contributed by atoms with Gasteiger partial charge in [0, 0.05) is 22.3 Å². The van der Waals surface area contributed by atoms with Gasteiger partial charge in [0.25, 0.3) is 0 Å². The Labute approximate surface area is 105 Å². The average molecular weight is 251 g/mol. The first kappa shape index (κ1) is 11.9. The molecule has 0 bridgehead atoms. The van der Waals surface area contributed by atoms with Gasteiger partial charge in [-0.2, -0.15) is 0 Å². The minimum Gasteiger partial charge on any atom is -0.398 e. The fraction of sp³-hybridized carbons (Fsp3) is 0.333. The summed E-state index contributed by atoms with van der Waals surface area (Å²) in [5, 5.41) is 8.91. The van der Waals surface area contributed by atoms with Crippen molar-refractivity contribution in [3.05, 3.63) is 29.0 Å². The van der Waals surface area contributed by atoms with Gasteiger partial charge < -0.3 is 10.3 Å². The summed E-state index contributed by atoms with van der Waals surface area (Å²) in [6.45, 7) is 6.11. The quantitative estimate of drug-likeness (QED) is 0.834. The molecule has 2 N–H and O–H groups in total. The first-order chi connectivity index (χ1) is 8.00. The van der Waals surface area contributed by atoms with E-state index >= 15 is 0 Å². The third-order valence-electron chi connectivity index (χ3n) is 2.64. The van der Waals surface area contributed by atoms with Crippen LogP contribution < -0.4 is 5.73 Å². The standard InChI is InChI=1S/C12H15ClN4/c1-7(2)17-8(3)15-16-12(17)10-5-4-9(13)6-11(10)14/h4-7H,14H2,1-3H3. The Bertz CT molecular complexity index is 545. The zero-order valence-corrected chi connectivity index (χ0v) is 10.9. The number of nitrogens with two attached hydrogens (primary N) is 1. The fourth-order valence-electron chi connectivity index (χ4n) is 1.91. The van der Waals surface area contributed by atoms with E-state index in [0.29, 0.717) is 10.7 Å². The lowest BCUT2D eigenvalue weighted by atomic mass is 10.1. The summed E-state index contributed by atoms with van der Waals surface area (Å²) in [5.74, 6) is 1.66. The van der Waals surface area contributed by atoms with Crippen LogP contribution in [-0.4, -0.2) is 14.8 Å². The number of rotatable bonds is 2. The molecule has 1 aromatic heterocycles. The van der Waals surface area contributed by atoms with E-state index in [-0.39, 0.29) is 6.04 Å². The lowest BCUT2D eigenvalue weighted by molar-refractivity contribution is 0.588. The maximum atomic E-state index is 5.97. The van der Waals surface area contributed by atoms with Gasteiger partial charge in [-0.3, -0.25) is 0 Å². The number of benzene rings is 1. The minimum atomic E-state index is 0.287. The molecule has 0 aliphatic heterocycles. The Balaban J connectivity index is 2.61. The second kappa shape index (κ2) is 4.37. The lowest BCUT2D eigenvalue weighted by Crippen LogP contribution is -2.06. The minimum absolute atomic E-state index is 0.287. The molecule has 2 rings (SSSR count). The van der Waals surface area contributed by atoms with Crippen LogP contribution in [-0.2, 0) is 0 Å². The van der Waals surface area contributed by atoms with Crippen molar-refractivity contribution in [1.82, 2.24) is 14.8 Å². The van der Waals surface area contributed by atoms with Gasteiger partial charge in [0.15, 0.2) is 5.82 Å². The van der Waals surface area contributed by atoms with Gasteiger partial charge in [-0.1, -0.05) is 11.6 Å². The number of aromatic nitrogens is 3. The van der Waals surface area contributed by atoms with Gasteiger partial charge in [0.2, 0.25) is 0 Å². The number of aryl methyl sites for hydroxylation is 1. The zero-order valence-electron chi connectivity index (χ0n) is 10.1. The van der Waals surface area contributed by atoms with Crippen LogP contribution in [0.5, 0.6) is 0 Å². The molecular weight excluding hydrogens is 236 g/mol. The highest BCUT2D eigenvalue weighted by Gasteiger charge is 2.15. The molecule has 0 aliphatic rings. The van der Waals surface area contributed by atoms with Crippen LogP contribution in [0, 0.1) is 6.92 Å². The molecule has 1 heterocycles. The normalized spacial score (nSPS) is 11.1. The highest BCUT2D eigenvalue weighted by molar-refractivity contribution is 6.31. The number of nitrogen functional groups attached to an aromatic ring is 1. The molecule has 17 heavy (non-hydrogen) atoms. The molecule has 1 aromatic carbocycles. The summed E-state index contributed by atoms with van der Waals surface area (Å²) in [7, 11) is 0. The van der Waals surface area contributed by atoms with Crippen LogP contribution in [0.4, 0.5) is 5.69 Å². The third kappa shape index (κ3) is 2.13. The molecule has 4 nitrogen and oxygen atoms in total. The van der Waals surface area contributed by atoms with E-state index in [1.54, 1.807) is 6.07 Å². The van der Waals surface area contributed by atoms with Crippen molar-refractivity contribution in [1.29, 1.82) is 0 Å². The number of hydrogen-bond donors (Lipinski definition) is 1. The van der Waals surface area contributed by atoms with Gasteiger partial charge in [0.1, 0.15) is 5.82 Å². The topological polar surface area (TPSA) is 56.7 Å². The van der Waals surface area contributed by atoms with Crippen LogP contribution >= 0.6 is 11.6 Å². The molecule has 2 aromatic rings. The van der Waals surface area contributed by atoms with E-state index in [4.69, 9.17) is 17.3 Å². The Morgan fingerprint density at radius 3 is 2.59 bits per heavy atom. The summed E-state index contributed by atoms with van der Waals surface area (Å²) in [6.07, 6.45) is 0. The molecule has 0 radical (unpaired) electrons. The maximum Gasteiger partial charge on any atom is 0.166 e. The SMILES string of the molecule is Cc1nnc(-c2ccc(Cl)cc2N)n1C(C)C. The molecule has 0 fully saturated rings. The molecule has 0 unspecified atom stereocenters. The highest BCUT2D eigenvalue weighted by Crippen LogP contribution is 2.29. The highest BCUT2D eigenvalue weighted by atomic mass is 35.5. The molecule has 90 valence electrons. The smallest absolute Gasteiger partial charge is 0.166 e. The monoisotopic (exact) mass is 250 g/mol. The summed E-state index contributed by atoms with van der Waals surface area (Å²) < 4.78 is 2.06. The number of anilines is 1.